The van der Waals surface area contributed by atoms with Gasteiger partial charge in [-0.25, -0.2) is 9.79 Å². The fourth-order valence-electron chi connectivity index (χ4n) is 4.71. The Bertz CT molecular complexity index is 1860. The minimum atomic E-state index is -0.780. The van der Waals surface area contributed by atoms with Crippen molar-refractivity contribution >= 4 is 29.1 Å². The van der Waals surface area contributed by atoms with Gasteiger partial charge in [-0.3, -0.25) is 9.36 Å². The molecule has 0 saturated heterocycles. The van der Waals surface area contributed by atoms with Gasteiger partial charge in [0.25, 0.3) is 5.56 Å². The van der Waals surface area contributed by atoms with Crippen molar-refractivity contribution in [1.29, 1.82) is 0 Å². The van der Waals surface area contributed by atoms with Crippen LogP contribution in [0.1, 0.15) is 29.7 Å². The molecule has 0 bridgehead atoms. The van der Waals surface area contributed by atoms with Crippen LogP contribution in [0.2, 0.25) is 0 Å². The molecule has 0 N–H and O–H groups in total. The second kappa shape index (κ2) is 12.6. The lowest BCUT2D eigenvalue weighted by atomic mass is 9.93. The molecule has 2 heterocycles. The smallest absolute Gasteiger partial charge is 0.338 e. The highest BCUT2D eigenvalue weighted by Crippen LogP contribution is 2.35. The third-order valence-electron chi connectivity index (χ3n) is 6.60. The highest BCUT2D eigenvalue weighted by atomic mass is 32.1. The molecular formula is C33H28N2O6S. The molecule has 1 atom stereocenters. The van der Waals surface area contributed by atoms with Crippen LogP contribution in [0.5, 0.6) is 17.2 Å². The summed E-state index contributed by atoms with van der Waals surface area (Å²) in [5, 5.41) is 0. The molecule has 0 radical (unpaired) electrons. The summed E-state index contributed by atoms with van der Waals surface area (Å²) in [6.07, 6.45) is 7.08. The van der Waals surface area contributed by atoms with Gasteiger partial charge in [0.05, 0.1) is 42.7 Å². The molecule has 1 aliphatic heterocycles. The first-order valence-corrected chi connectivity index (χ1v) is 14.0. The number of methoxy groups -OCH3 is 2. The van der Waals surface area contributed by atoms with Crippen molar-refractivity contribution in [2.24, 2.45) is 4.99 Å². The molecule has 3 aromatic carbocycles. The standard InChI is InChI=1S/C33H28N2O6S/c1-5-18-41-25-17-12-21(19-26(25)39-4)20-27-31(36)35-30(23-13-15-24(38-3)16-14-23)28(32(37)40-6-2)29(34-33(35)42-27)22-10-8-7-9-11-22/h1,7-17,19-20,30H,6,18H2,2-4H3/b27-20-/t30-/m0/s1. The molecule has 0 fully saturated rings. The first-order valence-electron chi connectivity index (χ1n) is 13.2. The van der Waals surface area contributed by atoms with E-state index in [4.69, 9.17) is 30.4 Å². The summed E-state index contributed by atoms with van der Waals surface area (Å²) < 4.78 is 23.9. The van der Waals surface area contributed by atoms with Gasteiger partial charge in [0.1, 0.15) is 12.4 Å². The molecule has 1 aliphatic rings. The van der Waals surface area contributed by atoms with Crippen molar-refractivity contribution in [3.63, 3.8) is 0 Å². The van der Waals surface area contributed by atoms with Gasteiger partial charge in [0, 0.05) is 5.56 Å². The Kier molecular flexibility index (Phi) is 8.55. The molecule has 0 unspecified atom stereocenters. The summed E-state index contributed by atoms with van der Waals surface area (Å²) in [6, 6.07) is 21.2. The minimum absolute atomic E-state index is 0.103. The van der Waals surface area contributed by atoms with Crippen molar-refractivity contribution < 1.29 is 23.7 Å². The number of ether oxygens (including phenoxy) is 4. The molecule has 4 aromatic rings. The number of terminal acetylenes is 1. The minimum Gasteiger partial charge on any atom is -0.497 e. The summed E-state index contributed by atoms with van der Waals surface area (Å²) in [6.45, 7) is 2.02. The van der Waals surface area contributed by atoms with Gasteiger partial charge in [-0.15, -0.1) is 6.42 Å². The van der Waals surface area contributed by atoms with Crippen molar-refractivity contribution in [2.45, 2.75) is 13.0 Å². The van der Waals surface area contributed by atoms with Crippen LogP contribution in [0.15, 0.2) is 88.2 Å². The van der Waals surface area contributed by atoms with Crippen LogP contribution >= 0.6 is 11.3 Å². The van der Waals surface area contributed by atoms with Gasteiger partial charge in [-0.2, -0.15) is 0 Å². The number of fused-ring (bicyclic) bond motifs is 1. The zero-order valence-corrected chi connectivity index (χ0v) is 24.1. The van der Waals surface area contributed by atoms with Crippen LogP contribution in [0.4, 0.5) is 0 Å². The summed E-state index contributed by atoms with van der Waals surface area (Å²) in [7, 11) is 3.12. The maximum absolute atomic E-state index is 14.1. The number of carbonyl (C=O) groups is 1. The monoisotopic (exact) mass is 580 g/mol. The molecule has 212 valence electrons. The Balaban J connectivity index is 1.75. The van der Waals surface area contributed by atoms with E-state index in [2.05, 4.69) is 5.92 Å². The lowest BCUT2D eigenvalue weighted by Crippen LogP contribution is -2.40. The molecule has 8 nitrogen and oxygen atoms in total. The topological polar surface area (TPSA) is 88.4 Å². The molecule has 0 spiro atoms. The molecular weight excluding hydrogens is 552 g/mol. The van der Waals surface area contributed by atoms with E-state index < -0.39 is 12.0 Å². The van der Waals surface area contributed by atoms with Crippen LogP contribution in [0, 0.1) is 12.3 Å². The molecule has 5 rings (SSSR count). The predicted molar refractivity (Wildman–Crippen MR) is 161 cm³/mol. The number of aromatic nitrogens is 1. The summed E-state index contributed by atoms with van der Waals surface area (Å²) in [5.74, 6) is 3.53. The maximum Gasteiger partial charge on any atom is 0.338 e. The Morgan fingerprint density at radius 2 is 1.81 bits per heavy atom. The van der Waals surface area contributed by atoms with Crippen LogP contribution in [0.3, 0.4) is 0 Å². The van der Waals surface area contributed by atoms with Crippen LogP contribution in [0.25, 0.3) is 11.8 Å². The number of rotatable bonds is 9. The van der Waals surface area contributed by atoms with Crippen molar-refractivity contribution in [3.8, 4) is 29.6 Å². The fourth-order valence-corrected chi connectivity index (χ4v) is 5.71. The third kappa shape index (κ3) is 5.57. The first kappa shape index (κ1) is 28.5. The van der Waals surface area contributed by atoms with Gasteiger partial charge in [-0.05, 0) is 48.4 Å². The van der Waals surface area contributed by atoms with E-state index in [1.807, 2.05) is 48.5 Å². The first-order chi connectivity index (χ1) is 20.5. The number of hydrogen-bond acceptors (Lipinski definition) is 8. The summed E-state index contributed by atoms with van der Waals surface area (Å²) in [5.41, 5.74) is 2.62. The average Bonchev–Trinajstić information content (AvgIpc) is 3.34. The fraction of sp³-hybridized carbons (Fsp3) is 0.182. The van der Waals surface area contributed by atoms with E-state index in [0.717, 1.165) is 11.1 Å². The molecule has 42 heavy (non-hydrogen) atoms. The van der Waals surface area contributed by atoms with Gasteiger partial charge in [-0.1, -0.05) is 65.8 Å². The van der Waals surface area contributed by atoms with Crippen molar-refractivity contribution in [2.75, 3.05) is 27.4 Å². The SMILES string of the molecule is C#CCOc1ccc(/C=c2\sc3n(c2=O)[C@@H](c2ccc(OC)cc2)C(C(=O)OCC)=C(c2ccccc2)N=3)cc1OC. The van der Waals surface area contributed by atoms with Crippen LogP contribution < -0.4 is 29.1 Å². The lowest BCUT2D eigenvalue weighted by molar-refractivity contribution is -0.138. The van der Waals surface area contributed by atoms with Crippen molar-refractivity contribution in [1.82, 2.24) is 4.57 Å². The summed E-state index contributed by atoms with van der Waals surface area (Å²) in [4.78, 5) is 32.9. The Morgan fingerprint density at radius 3 is 2.48 bits per heavy atom. The van der Waals surface area contributed by atoms with Gasteiger partial charge in [0.2, 0.25) is 0 Å². The van der Waals surface area contributed by atoms with Gasteiger partial charge in [0.15, 0.2) is 16.3 Å². The molecule has 0 saturated carbocycles. The molecule has 0 aliphatic carbocycles. The average molecular weight is 581 g/mol. The highest BCUT2D eigenvalue weighted by Gasteiger charge is 2.35. The lowest BCUT2D eigenvalue weighted by Gasteiger charge is -2.26. The number of hydrogen-bond donors (Lipinski definition) is 0. The number of esters is 1. The summed E-state index contributed by atoms with van der Waals surface area (Å²) >= 11 is 1.24. The van der Waals surface area contributed by atoms with E-state index in [9.17, 15) is 9.59 Å². The van der Waals surface area contributed by atoms with Crippen LogP contribution in [-0.2, 0) is 9.53 Å². The molecule has 0 amide bonds. The quantitative estimate of drug-likeness (QED) is 0.220. The van der Waals surface area contributed by atoms with E-state index in [0.29, 0.717) is 37.8 Å². The van der Waals surface area contributed by atoms with E-state index in [1.165, 1.54) is 18.4 Å². The number of carbonyl (C=O) groups excluding carboxylic acids is 1. The second-order valence-corrected chi connectivity index (χ2v) is 10.1. The van der Waals surface area contributed by atoms with E-state index >= 15 is 0 Å². The van der Waals surface area contributed by atoms with Gasteiger partial charge < -0.3 is 18.9 Å². The van der Waals surface area contributed by atoms with Crippen molar-refractivity contribution in [3.05, 3.63) is 115 Å². The zero-order valence-electron chi connectivity index (χ0n) is 23.3. The largest absolute Gasteiger partial charge is 0.497 e. The van der Waals surface area contributed by atoms with E-state index in [-0.39, 0.29) is 24.3 Å². The Morgan fingerprint density at radius 1 is 1.05 bits per heavy atom. The van der Waals surface area contributed by atoms with E-state index in [1.54, 1.807) is 48.9 Å². The Hall–Kier alpha value is -5.07. The van der Waals surface area contributed by atoms with Crippen LogP contribution in [-0.4, -0.2) is 38.0 Å². The number of benzene rings is 3. The normalized spacial score (nSPS) is 14.4. The number of thiazole rings is 1. The Labute approximate surface area is 246 Å². The maximum atomic E-state index is 14.1. The highest BCUT2D eigenvalue weighted by molar-refractivity contribution is 7.07. The number of nitrogens with zero attached hydrogens (tertiary/aromatic N) is 2. The zero-order chi connectivity index (χ0) is 29.6. The predicted octanol–water partition coefficient (Wildman–Crippen LogP) is 3.96. The second-order valence-electron chi connectivity index (χ2n) is 9.11. The van der Waals surface area contributed by atoms with Gasteiger partial charge >= 0.3 is 5.97 Å². The third-order valence-corrected chi connectivity index (χ3v) is 7.58. The molecule has 9 heteroatoms. The molecule has 1 aromatic heterocycles.